The smallest absolute Gasteiger partial charge is 0.225 e. The van der Waals surface area contributed by atoms with Gasteiger partial charge in [-0.1, -0.05) is 0 Å². The topological polar surface area (TPSA) is 114 Å². The van der Waals surface area contributed by atoms with Crippen LogP contribution in [0.5, 0.6) is 17.5 Å². The number of aliphatic hydroxyl groups is 1. The predicted molar refractivity (Wildman–Crippen MR) is 130 cm³/mol. The number of rotatable bonds is 6. The van der Waals surface area contributed by atoms with Crippen LogP contribution in [0.1, 0.15) is 24.8 Å². The van der Waals surface area contributed by atoms with Gasteiger partial charge in [0.15, 0.2) is 5.75 Å². The van der Waals surface area contributed by atoms with Gasteiger partial charge in [-0.25, -0.2) is 9.97 Å². The molecule has 2 saturated heterocycles. The summed E-state index contributed by atoms with van der Waals surface area (Å²) in [5.41, 5.74) is 2.21. The van der Waals surface area contributed by atoms with Crippen LogP contribution in [0.3, 0.4) is 0 Å². The van der Waals surface area contributed by atoms with E-state index in [1.807, 2.05) is 17.0 Å². The fraction of sp³-hybridized carbons (Fsp3) is 0.542. The summed E-state index contributed by atoms with van der Waals surface area (Å²) >= 11 is 0. The normalized spacial score (nSPS) is 24.0. The maximum Gasteiger partial charge on any atom is 0.225 e. The van der Waals surface area contributed by atoms with Gasteiger partial charge in [0.1, 0.15) is 12.7 Å². The lowest BCUT2D eigenvalue weighted by Gasteiger charge is -2.31. The molecule has 5 rings (SSSR count). The van der Waals surface area contributed by atoms with E-state index in [0.717, 1.165) is 17.8 Å². The summed E-state index contributed by atoms with van der Waals surface area (Å²) in [6.07, 6.45) is 5.37. The van der Waals surface area contributed by atoms with Crippen molar-refractivity contribution in [2.75, 3.05) is 49.8 Å². The third-order valence-electron chi connectivity index (χ3n) is 6.75. The lowest BCUT2D eigenvalue weighted by atomic mass is 10.0. The summed E-state index contributed by atoms with van der Waals surface area (Å²) in [4.78, 5) is 25.6. The van der Waals surface area contributed by atoms with Gasteiger partial charge in [-0.3, -0.25) is 9.00 Å². The van der Waals surface area contributed by atoms with Crippen molar-refractivity contribution in [3.8, 4) is 17.5 Å². The first kappa shape index (κ1) is 23.8. The van der Waals surface area contributed by atoms with Crippen LogP contribution in [-0.2, 0) is 22.2 Å². The van der Waals surface area contributed by atoms with E-state index in [9.17, 15) is 14.1 Å². The Hall–Kier alpha value is -2.92. The summed E-state index contributed by atoms with van der Waals surface area (Å²) in [5.74, 6) is 2.86. The number of hydrogen-bond acceptors (Lipinski definition) is 9. The van der Waals surface area contributed by atoms with Gasteiger partial charge in [0.25, 0.3) is 0 Å². The minimum absolute atomic E-state index is 0.0269. The van der Waals surface area contributed by atoms with Gasteiger partial charge in [-0.15, -0.1) is 0 Å². The molecule has 35 heavy (non-hydrogen) atoms. The Morgan fingerprint density at radius 1 is 1.20 bits per heavy atom. The fourth-order valence-electron chi connectivity index (χ4n) is 4.86. The zero-order valence-corrected chi connectivity index (χ0v) is 20.5. The molecule has 2 aromatic heterocycles. The van der Waals surface area contributed by atoms with Crippen molar-refractivity contribution >= 4 is 28.1 Å². The van der Waals surface area contributed by atoms with Gasteiger partial charge in [0.2, 0.25) is 17.7 Å². The van der Waals surface area contributed by atoms with Crippen LogP contribution in [0.15, 0.2) is 24.5 Å². The highest BCUT2D eigenvalue weighted by molar-refractivity contribution is 7.85. The maximum absolute atomic E-state index is 12.9. The van der Waals surface area contributed by atoms with Crippen LogP contribution in [0, 0.1) is 5.92 Å². The van der Waals surface area contributed by atoms with E-state index in [1.54, 1.807) is 12.4 Å². The Bertz CT molecular complexity index is 1110. The maximum atomic E-state index is 12.9. The lowest BCUT2D eigenvalue weighted by molar-refractivity contribution is -0.135. The highest BCUT2D eigenvalue weighted by Crippen LogP contribution is 2.39. The second-order valence-corrected chi connectivity index (χ2v) is 10.6. The molecule has 2 fully saturated rings. The fourth-order valence-corrected chi connectivity index (χ4v) is 6.16. The number of aliphatic hydroxyl groups excluding tert-OH is 1. The van der Waals surface area contributed by atoms with E-state index in [2.05, 4.69) is 14.9 Å². The number of carbonyl (C=O) groups excluding carboxylic acids is 1. The van der Waals surface area contributed by atoms with Gasteiger partial charge >= 0.3 is 0 Å². The van der Waals surface area contributed by atoms with E-state index >= 15 is 0 Å². The SMILES string of the molecule is COc1ncc(N2CCOc3cnc(O[C@H]4CCN(C(=O)C5CCS(=O)CC5)C4)cc32)cc1CO. The van der Waals surface area contributed by atoms with E-state index in [1.165, 1.54) is 7.11 Å². The Balaban J connectivity index is 1.28. The first-order chi connectivity index (χ1) is 17.1. The minimum atomic E-state index is -0.775. The number of nitrogens with zero attached hydrogens (tertiary/aromatic N) is 4. The van der Waals surface area contributed by atoms with Gasteiger partial charge in [-0.05, 0) is 18.9 Å². The third kappa shape index (κ3) is 5.06. The van der Waals surface area contributed by atoms with Crippen molar-refractivity contribution in [3.05, 3.63) is 30.1 Å². The predicted octanol–water partition coefficient (Wildman–Crippen LogP) is 1.65. The first-order valence-electron chi connectivity index (χ1n) is 11.9. The van der Waals surface area contributed by atoms with Crippen LogP contribution < -0.4 is 19.1 Å². The van der Waals surface area contributed by atoms with Crippen molar-refractivity contribution < 1.29 is 28.3 Å². The molecule has 0 aliphatic carbocycles. The third-order valence-corrected chi connectivity index (χ3v) is 8.13. The van der Waals surface area contributed by atoms with Gasteiger partial charge < -0.3 is 29.1 Å². The Kier molecular flexibility index (Phi) is 7.05. The summed E-state index contributed by atoms with van der Waals surface area (Å²) in [7, 11) is 0.748. The number of ether oxygens (including phenoxy) is 3. The number of aromatic nitrogens is 2. The molecule has 188 valence electrons. The van der Waals surface area contributed by atoms with E-state index < -0.39 is 10.8 Å². The highest BCUT2D eigenvalue weighted by atomic mass is 32.2. The molecule has 11 heteroatoms. The summed E-state index contributed by atoms with van der Waals surface area (Å²) in [6, 6.07) is 3.70. The minimum Gasteiger partial charge on any atom is -0.488 e. The van der Waals surface area contributed by atoms with E-state index in [4.69, 9.17) is 14.2 Å². The van der Waals surface area contributed by atoms with Crippen LogP contribution in [0.4, 0.5) is 11.4 Å². The number of carbonyl (C=O) groups is 1. The summed E-state index contributed by atoms with van der Waals surface area (Å²) in [5, 5.41) is 9.69. The molecule has 0 spiro atoms. The summed E-state index contributed by atoms with van der Waals surface area (Å²) in [6.45, 7) is 2.10. The molecule has 3 aliphatic rings. The number of methoxy groups -OCH3 is 1. The van der Waals surface area contributed by atoms with Crippen molar-refractivity contribution in [1.82, 2.24) is 14.9 Å². The molecule has 1 N–H and O–H groups in total. The van der Waals surface area contributed by atoms with Crippen LogP contribution in [-0.4, -0.2) is 81.1 Å². The molecule has 10 nitrogen and oxygen atoms in total. The quantitative estimate of drug-likeness (QED) is 0.630. The molecule has 0 saturated carbocycles. The Morgan fingerprint density at radius 3 is 2.80 bits per heavy atom. The van der Waals surface area contributed by atoms with E-state index in [0.29, 0.717) is 73.7 Å². The van der Waals surface area contributed by atoms with Crippen LogP contribution in [0.2, 0.25) is 0 Å². The Morgan fingerprint density at radius 2 is 2.03 bits per heavy atom. The monoisotopic (exact) mass is 502 g/mol. The van der Waals surface area contributed by atoms with Crippen LogP contribution in [0.25, 0.3) is 0 Å². The number of amides is 1. The zero-order chi connectivity index (χ0) is 24.4. The average Bonchev–Trinajstić information content (AvgIpc) is 3.36. The first-order valence-corrected chi connectivity index (χ1v) is 13.4. The standard InChI is InChI=1S/C24H30N4O6S/c1-32-23-17(15-29)10-18(12-26-23)28-6-7-33-21-13-25-22(11-20(21)28)34-19-2-5-27(14-19)24(30)16-3-8-35(31)9-4-16/h10-13,16,19,29H,2-9,14-15H2,1H3/t16?,19-,35?/m0/s1. The molecular formula is C24H30N4O6S. The van der Waals surface area contributed by atoms with Crippen molar-refractivity contribution in [2.24, 2.45) is 5.92 Å². The molecule has 2 aromatic rings. The summed E-state index contributed by atoms with van der Waals surface area (Å²) < 4.78 is 28.8. The van der Waals surface area contributed by atoms with Crippen molar-refractivity contribution in [2.45, 2.75) is 32.0 Å². The van der Waals surface area contributed by atoms with Crippen molar-refractivity contribution in [3.63, 3.8) is 0 Å². The van der Waals surface area contributed by atoms with E-state index in [-0.39, 0.29) is 24.5 Å². The Labute approximate surface area is 206 Å². The molecule has 0 bridgehead atoms. The lowest BCUT2D eigenvalue weighted by Crippen LogP contribution is -2.38. The number of fused-ring (bicyclic) bond motifs is 1. The van der Waals surface area contributed by atoms with Gasteiger partial charge in [0.05, 0.1) is 50.6 Å². The average molecular weight is 503 g/mol. The molecule has 5 heterocycles. The molecule has 0 radical (unpaired) electrons. The molecule has 1 amide bonds. The largest absolute Gasteiger partial charge is 0.488 e. The van der Waals surface area contributed by atoms with Crippen molar-refractivity contribution in [1.29, 1.82) is 0 Å². The zero-order valence-electron chi connectivity index (χ0n) is 19.7. The van der Waals surface area contributed by atoms with Crippen LogP contribution >= 0.6 is 0 Å². The molecular weight excluding hydrogens is 472 g/mol. The number of anilines is 2. The second kappa shape index (κ2) is 10.4. The van der Waals surface area contributed by atoms with Gasteiger partial charge in [-0.2, -0.15) is 0 Å². The number of likely N-dealkylation sites (tertiary alicyclic amines) is 1. The number of hydrogen-bond donors (Lipinski definition) is 1. The van der Waals surface area contributed by atoms with Gasteiger partial charge in [0, 0.05) is 52.8 Å². The highest BCUT2D eigenvalue weighted by Gasteiger charge is 2.34. The molecule has 3 aliphatic heterocycles. The second-order valence-electron chi connectivity index (χ2n) is 8.95. The number of pyridine rings is 2. The molecule has 1 atom stereocenters. The molecule has 0 unspecified atom stereocenters. The molecule has 0 aromatic carbocycles.